The molecule has 3 atom stereocenters. The van der Waals surface area contributed by atoms with E-state index in [4.69, 9.17) is 9.16 Å². The number of rotatable bonds is 5. The van der Waals surface area contributed by atoms with Crippen LogP contribution in [0.5, 0.6) is 11.5 Å². The summed E-state index contributed by atoms with van der Waals surface area (Å²) in [5.41, 5.74) is 2.45. The number of ether oxygens (including phenoxy) is 1. The van der Waals surface area contributed by atoms with Gasteiger partial charge in [-0.05, 0) is 78.8 Å². The van der Waals surface area contributed by atoms with E-state index < -0.39 is 8.32 Å². The van der Waals surface area contributed by atoms with Crippen molar-refractivity contribution < 1.29 is 9.16 Å². The molecule has 0 bridgehead atoms. The van der Waals surface area contributed by atoms with Crippen molar-refractivity contribution in [3.8, 4) is 11.5 Å². The molecule has 0 unspecified atom stereocenters. The molecule has 3 heteroatoms. The molecule has 2 rings (SSSR count). The van der Waals surface area contributed by atoms with E-state index in [-0.39, 0.29) is 10.5 Å². The first-order valence-electron chi connectivity index (χ1n) is 12.0. The monoisotopic (exact) mass is 432 g/mol. The van der Waals surface area contributed by atoms with Crippen molar-refractivity contribution in [2.45, 2.75) is 118 Å². The zero-order valence-corrected chi connectivity index (χ0v) is 22.9. The van der Waals surface area contributed by atoms with Crippen molar-refractivity contribution in [2.75, 3.05) is 0 Å². The maximum atomic E-state index is 6.81. The van der Waals surface area contributed by atoms with Crippen LogP contribution in [0, 0.1) is 24.7 Å². The molecule has 1 fully saturated rings. The topological polar surface area (TPSA) is 18.5 Å². The number of hydrogen-bond acceptors (Lipinski definition) is 2. The average molecular weight is 433 g/mol. The molecular formula is C27H48O2Si. The molecule has 30 heavy (non-hydrogen) atoms. The van der Waals surface area contributed by atoms with Gasteiger partial charge in [0.25, 0.3) is 0 Å². The lowest BCUT2D eigenvalue weighted by Crippen LogP contribution is -2.44. The highest BCUT2D eigenvalue weighted by Gasteiger charge is 2.40. The molecule has 0 amide bonds. The molecule has 0 spiro atoms. The average Bonchev–Trinajstić information content (AvgIpc) is 2.54. The van der Waals surface area contributed by atoms with Gasteiger partial charge in [-0.1, -0.05) is 68.7 Å². The van der Waals surface area contributed by atoms with E-state index in [2.05, 4.69) is 94.5 Å². The van der Waals surface area contributed by atoms with Crippen molar-refractivity contribution in [3.05, 3.63) is 23.3 Å². The van der Waals surface area contributed by atoms with Crippen LogP contribution in [0.25, 0.3) is 0 Å². The van der Waals surface area contributed by atoms with E-state index >= 15 is 0 Å². The van der Waals surface area contributed by atoms with Gasteiger partial charge in [0.1, 0.15) is 17.6 Å². The van der Waals surface area contributed by atoms with E-state index in [1.54, 1.807) is 0 Å². The fourth-order valence-corrected chi connectivity index (χ4v) is 5.33. The van der Waals surface area contributed by atoms with Gasteiger partial charge < -0.3 is 9.16 Å². The summed E-state index contributed by atoms with van der Waals surface area (Å²) in [5, 5.41) is 0.175. The van der Waals surface area contributed by atoms with Crippen molar-refractivity contribution in [3.63, 3.8) is 0 Å². The van der Waals surface area contributed by atoms with E-state index in [9.17, 15) is 0 Å². The molecule has 0 aromatic heterocycles. The van der Waals surface area contributed by atoms with Crippen molar-refractivity contribution in [1.29, 1.82) is 0 Å². The first kappa shape index (κ1) is 25.3. The highest BCUT2D eigenvalue weighted by Crippen LogP contribution is 2.44. The Balaban J connectivity index is 2.43. The van der Waals surface area contributed by atoms with Crippen molar-refractivity contribution >= 4 is 8.32 Å². The summed E-state index contributed by atoms with van der Waals surface area (Å²) >= 11 is 0. The third-order valence-electron chi connectivity index (χ3n) is 7.50. The van der Waals surface area contributed by atoms with Crippen LogP contribution in [0.4, 0.5) is 0 Å². The van der Waals surface area contributed by atoms with Crippen molar-refractivity contribution in [1.82, 2.24) is 0 Å². The van der Waals surface area contributed by atoms with Gasteiger partial charge in [-0.15, -0.1) is 0 Å². The molecule has 1 aromatic carbocycles. The largest absolute Gasteiger partial charge is 0.543 e. The minimum absolute atomic E-state index is 0.000807. The molecule has 0 heterocycles. The molecule has 0 aliphatic heterocycles. The molecule has 172 valence electrons. The number of aryl methyl sites for hydroxylation is 1. The second kappa shape index (κ2) is 8.88. The number of hydrogen-bond donors (Lipinski definition) is 0. The highest BCUT2D eigenvalue weighted by atomic mass is 28.4. The predicted molar refractivity (Wildman–Crippen MR) is 133 cm³/mol. The van der Waals surface area contributed by atoms with Gasteiger partial charge >= 0.3 is 0 Å². The van der Waals surface area contributed by atoms with Gasteiger partial charge in [0.05, 0.1) is 0 Å². The summed E-state index contributed by atoms with van der Waals surface area (Å²) in [7, 11) is -1.91. The van der Waals surface area contributed by atoms with Gasteiger partial charge in [0.2, 0.25) is 8.32 Å². The normalized spacial score (nSPS) is 23.6. The summed E-state index contributed by atoms with van der Waals surface area (Å²) in [6, 6.07) is 4.53. The highest BCUT2D eigenvalue weighted by molar-refractivity contribution is 6.74. The minimum atomic E-state index is -1.91. The summed E-state index contributed by atoms with van der Waals surface area (Å²) in [5.74, 6) is 4.14. The maximum Gasteiger partial charge on any atom is 0.250 e. The van der Waals surface area contributed by atoms with Crippen LogP contribution in [0.1, 0.15) is 92.7 Å². The Labute approximate surface area is 188 Å². The molecule has 1 aliphatic rings. The summed E-state index contributed by atoms with van der Waals surface area (Å²) < 4.78 is 13.6. The van der Waals surface area contributed by atoms with Crippen LogP contribution in [-0.2, 0) is 5.41 Å². The Morgan fingerprint density at radius 3 is 2.07 bits per heavy atom. The quantitative estimate of drug-likeness (QED) is 0.434. The lowest BCUT2D eigenvalue weighted by molar-refractivity contribution is 0.0453. The molecule has 2 nitrogen and oxygen atoms in total. The molecule has 0 radical (unpaired) electrons. The zero-order valence-electron chi connectivity index (χ0n) is 21.9. The summed E-state index contributed by atoms with van der Waals surface area (Å²) in [4.78, 5) is 0. The second-order valence-electron chi connectivity index (χ2n) is 12.7. The Morgan fingerprint density at radius 2 is 1.57 bits per heavy atom. The maximum absolute atomic E-state index is 6.81. The molecule has 0 N–H and O–H groups in total. The molecule has 1 aromatic rings. The number of benzene rings is 1. The van der Waals surface area contributed by atoms with Crippen LogP contribution in [0.15, 0.2) is 12.1 Å². The van der Waals surface area contributed by atoms with Crippen LogP contribution in [-0.4, -0.2) is 14.4 Å². The molecule has 0 saturated heterocycles. The van der Waals surface area contributed by atoms with Crippen LogP contribution >= 0.6 is 0 Å². The van der Waals surface area contributed by atoms with Gasteiger partial charge in [-0.2, -0.15) is 0 Å². The summed E-state index contributed by atoms with van der Waals surface area (Å²) in [6.45, 7) is 27.6. The standard InChI is InChI=1S/C27H48O2Si/c1-18(2)21-14-13-19(3)15-24(21)28-23-17-22(26(5,6)7)25(16-20(23)4)29-30(11,12)27(8,9)10/h16-19,21,24H,13-15H2,1-12H3/t19-,21+,24-/m0/s1. The van der Waals surface area contributed by atoms with Gasteiger partial charge in [0, 0.05) is 5.56 Å². The minimum Gasteiger partial charge on any atom is -0.543 e. The van der Waals surface area contributed by atoms with Crippen LogP contribution < -0.4 is 9.16 Å². The smallest absolute Gasteiger partial charge is 0.250 e. The van der Waals surface area contributed by atoms with E-state index in [0.717, 1.165) is 23.8 Å². The fourth-order valence-electron chi connectivity index (χ4n) is 4.30. The fraction of sp³-hybridized carbons (Fsp3) is 0.778. The van der Waals surface area contributed by atoms with Gasteiger partial charge in [-0.3, -0.25) is 0 Å². The zero-order chi connectivity index (χ0) is 23.1. The second-order valence-corrected chi connectivity index (χ2v) is 17.4. The predicted octanol–water partition coefficient (Wildman–Crippen LogP) is 8.52. The van der Waals surface area contributed by atoms with E-state index in [1.165, 1.54) is 24.0 Å². The van der Waals surface area contributed by atoms with E-state index in [1.807, 2.05) is 0 Å². The Morgan fingerprint density at radius 1 is 0.967 bits per heavy atom. The first-order chi connectivity index (χ1) is 13.5. The van der Waals surface area contributed by atoms with Gasteiger partial charge in [0.15, 0.2) is 0 Å². The van der Waals surface area contributed by atoms with Crippen LogP contribution in [0.3, 0.4) is 0 Å². The van der Waals surface area contributed by atoms with Gasteiger partial charge in [-0.25, -0.2) is 0 Å². The lowest BCUT2D eigenvalue weighted by Gasteiger charge is -2.39. The third kappa shape index (κ3) is 5.84. The SMILES string of the molecule is Cc1cc(O[Si](C)(C)C(C)(C)C)c(C(C)(C)C)cc1O[C@H]1C[C@@H](C)CC[C@@H]1C(C)C. The molecule has 1 aliphatic carbocycles. The molecule has 1 saturated carbocycles. The first-order valence-corrected chi connectivity index (χ1v) is 14.9. The lowest BCUT2D eigenvalue weighted by atomic mass is 9.75. The third-order valence-corrected chi connectivity index (χ3v) is 11.8. The van der Waals surface area contributed by atoms with Crippen LogP contribution in [0.2, 0.25) is 18.1 Å². The Bertz CT molecular complexity index is 722. The Hall–Kier alpha value is -0.963. The molecular weight excluding hydrogens is 384 g/mol. The Kier molecular flexibility index (Phi) is 7.49. The van der Waals surface area contributed by atoms with E-state index in [0.29, 0.717) is 17.9 Å². The summed E-state index contributed by atoms with van der Waals surface area (Å²) in [6.07, 6.45) is 4.08. The van der Waals surface area contributed by atoms with Crippen molar-refractivity contribution in [2.24, 2.45) is 17.8 Å².